The zero-order valence-corrected chi connectivity index (χ0v) is 14.2. The van der Waals surface area contributed by atoms with Crippen LogP contribution in [0.25, 0.3) is 11.4 Å². The molecule has 20 heavy (non-hydrogen) atoms. The molecule has 1 N–H and O–H groups in total. The van der Waals surface area contributed by atoms with Crippen molar-refractivity contribution in [1.82, 2.24) is 20.1 Å². The minimum atomic E-state index is 0.782. The highest BCUT2D eigenvalue weighted by Gasteiger charge is 2.09. The van der Waals surface area contributed by atoms with Crippen LogP contribution in [-0.2, 0) is 6.54 Å². The Kier molecular flexibility index (Phi) is 5.97. The third-order valence-electron chi connectivity index (χ3n) is 3.09. The van der Waals surface area contributed by atoms with E-state index in [1.807, 2.05) is 0 Å². The molecule has 5 heteroatoms. The van der Waals surface area contributed by atoms with Gasteiger partial charge in [0.15, 0.2) is 5.82 Å². The first-order valence-electron chi connectivity index (χ1n) is 7.12. The Morgan fingerprint density at radius 3 is 2.35 bits per heavy atom. The van der Waals surface area contributed by atoms with E-state index in [4.69, 9.17) is 0 Å². The average molecular weight is 384 g/mol. The zero-order valence-electron chi connectivity index (χ0n) is 12.1. The van der Waals surface area contributed by atoms with Crippen LogP contribution in [0.15, 0.2) is 24.3 Å². The number of H-pyrrole nitrogens is 1. The molecule has 1 aromatic carbocycles. The zero-order chi connectivity index (χ0) is 14.4. The molecule has 0 spiro atoms. The topological polar surface area (TPSA) is 44.8 Å². The Morgan fingerprint density at radius 2 is 1.75 bits per heavy atom. The molecule has 0 amide bonds. The van der Waals surface area contributed by atoms with Crippen molar-refractivity contribution in [3.8, 4) is 11.4 Å². The fourth-order valence-corrected chi connectivity index (χ4v) is 2.57. The summed E-state index contributed by atoms with van der Waals surface area (Å²) in [6.07, 6.45) is 2.33. The summed E-state index contributed by atoms with van der Waals surface area (Å²) in [4.78, 5) is 7.02. The van der Waals surface area contributed by atoms with E-state index in [1.54, 1.807) is 0 Å². The summed E-state index contributed by atoms with van der Waals surface area (Å²) in [5, 5.41) is 7.39. The Bertz CT molecular complexity index is 515. The van der Waals surface area contributed by atoms with E-state index in [0.29, 0.717) is 0 Å². The average Bonchev–Trinajstić information content (AvgIpc) is 2.89. The van der Waals surface area contributed by atoms with Crippen LogP contribution in [-0.4, -0.2) is 33.2 Å². The Hall–Kier alpha value is -0.950. The summed E-state index contributed by atoms with van der Waals surface area (Å²) in [7, 11) is 0. The molecule has 2 rings (SSSR count). The molecule has 0 unspecified atom stereocenters. The fraction of sp³-hybridized carbons (Fsp3) is 0.467. The van der Waals surface area contributed by atoms with Crippen molar-refractivity contribution >= 4 is 22.6 Å². The highest BCUT2D eigenvalue weighted by molar-refractivity contribution is 14.1. The van der Waals surface area contributed by atoms with Gasteiger partial charge in [0.1, 0.15) is 5.82 Å². The normalized spacial score (nSPS) is 11.2. The van der Waals surface area contributed by atoms with Gasteiger partial charge >= 0.3 is 0 Å². The van der Waals surface area contributed by atoms with Crippen LogP contribution in [0, 0.1) is 3.57 Å². The van der Waals surface area contributed by atoms with E-state index in [1.165, 1.54) is 3.57 Å². The second-order valence-corrected chi connectivity index (χ2v) is 6.13. The van der Waals surface area contributed by atoms with E-state index in [0.717, 1.165) is 49.7 Å². The molecule has 4 nitrogen and oxygen atoms in total. The number of nitrogens with zero attached hydrogens (tertiary/aromatic N) is 3. The summed E-state index contributed by atoms with van der Waals surface area (Å²) >= 11 is 2.30. The van der Waals surface area contributed by atoms with Crippen molar-refractivity contribution < 1.29 is 0 Å². The van der Waals surface area contributed by atoms with Gasteiger partial charge in [-0.25, -0.2) is 4.98 Å². The summed E-state index contributed by atoms with van der Waals surface area (Å²) in [6.45, 7) is 7.47. The van der Waals surface area contributed by atoms with Gasteiger partial charge in [0, 0.05) is 9.13 Å². The monoisotopic (exact) mass is 384 g/mol. The first-order chi connectivity index (χ1) is 9.72. The summed E-state index contributed by atoms with van der Waals surface area (Å²) in [6, 6.07) is 8.27. The summed E-state index contributed by atoms with van der Waals surface area (Å²) in [5.74, 6) is 1.73. The molecular weight excluding hydrogens is 363 g/mol. The molecule has 0 aliphatic heterocycles. The molecule has 0 aliphatic rings. The third kappa shape index (κ3) is 4.28. The van der Waals surface area contributed by atoms with Gasteiger partial charge in [0.2, 0.25) is 0 Å². The van der Waals surface area contributed by atoms with Gasteiger partial charge in [0.25, 0.3) is 0 Å². The molecule has 0 aliphatic carbocycles. The van der Waals surface area contributed by atoms with E-state index in [-0.39, 0.29) is 0 Å². The number of nitrogens with one attached hydrogen (secondary N) is 1. The van der Waals surface area contributed by atoms with Gasteiger partial charge in [-0.1, -0.05) is 26.0 Å². The predicted octanol–water partition coefficient (Wildman–Crippen LogP) is 3.70. The second-order valence-electron chi connectivity index (χ2n) is 4.89. The number of hydrogen-bond donors (Lipinski definition) is 1. The first kappa shape index (κ1) is 15.4. The maximum Gasteiger partial charge on any atom is 0.181 e. The van der Waals surface area contributed by atoms with E-state index in [9.17, 15) is 0 Å². The number of halogens is 1. The molecule has 0 atom stereocenters. The fourth-order valence-electron chi connectivity index (χ4n) is 2.21. The van der Waals surface area contributed by atoms with Crippen LogP contribution < -0.4 is 0 Å². The minimum Gasteiger partial charge on any atom is -0.296 e. The van der Waals surface area contributed by atoms with Gasteiger partial charge in [-0.15, -0.1) is 0 Å². The van der Waals surface area contributed by atoms with Gasteiger partial charge in [0.05, 0.1) is 6.54 Å². The Balaban J connectivity index is 2.06. The molecule has 0 bridgehead atoms. The molecule has 1 aromatic heterocycles. The highest BCUT2D eigenvalue weighted by atomic mass is 127. The standard InChI is InChI=1S/C15H21IN4/c1-3-9-20(10-4-2)11-14-17-15(19-18-14)12-5-7-13(16)8-6-12/h5-8H,3-4,9-11H2,1-2H3,(H,17,18,19). The van der Waals surface area contributed by atoms with Gasteiger partial charge in [-0.05, 0) is 60.7 Å². The van der Waals surface area contributed by atoms with Crippen molar-refractivity contribution in [1.29, 1.82) is 0 Å². The number of benzene rings is 1. The maximum atomic E-state index is 4.60. The minimum absolute atomic E-state index is 0.782. The quantitative estimate of drug-likeness (QED) is 0.741. The van der Waals surface area contributed by atoms with Crippen molar-refractivity contribution in [2.75, 3.05) is 13.1 Å². The largest absolute Gasteiger partial charge is 0.296 e. The van der Waals surface area contributed by atoms with Crippen LogP contribution in [0.3, 0.4) is 0 Å². The SMILES string of the molecule is CCCN(CCC)Cc1nc(-c2ccc(I)cc2)n[nH]1. The van der Waals surface area contributed by atoms with E-state index < -0.39 is 0 Å². The number of aromatic nitrogens is 3. The maximum absolute atomic E-state index is 4.60. The smallest absolute Gasteiger partial charge is 0.181 e. The molecule has 1 heterocycles. The lowest BCUT2D eigenvalue weighted by atomic mass is 10.2. The van der Waals surface area contributed by atoms with E-state index in [2.05, 4.69) is 80.8 Å². The molecule has 0 saturated carbocycles. The lowest BCUT2D eigenvalue weighted by Crippen LogP contribution is -2.25. The molecule has 0 saturated heterocycles. The van der Waals surface area contributed by atoms with Crippen molar-refractivity contribution in [2.45, 2.75) is 33.2 Å². The van der Waals surface area contributed by atoms with Crippen LogP contribution >= 0.6 is 22.6 Å². The molecule has 108 valence electrons. The van der Waals surface area contributed by atoms with Gasteiger partial charge < -0.3 is 0 Å². The first-order valence-corrected chi connectivity index (χ1v) is 8.20. The Morgan fingerprint density at radius 1 is 1.10 bits per heavy atom. The lowest BCUT2D eigenvalue weighted by molar-refractivity contribution is 0.260. The summed E-state index contributed by atoms with van der Waals surface area (Å²) < 4.78 is 1.22. The Labute approximate surface area is 134 Å². The number of rotatable bonds is 7. The molecule has 0 fully saturated rings. The lowest BCUT2D eigenvalue weighted by Gasteiger charge is -2.18. The van der Waals surface area contributed by atoms with E-state index >= 15 is 0 Å². The van der Waals surface area contributed by atoms with Gasteiger partial charge in [-0.2, -0.15) is 5.10 Å². The van der Waals surface area contributed by atoms with Crippen molar-refractivity contribution in [2.24, 2.45) is 0 Å². The third-order valence-corrected chi connectivity index (χ3v) is 3.81. The second kappa shape index (κ2) is 7.73. The molecule has 2 aromatic rings. The van der Waals surface area contributed by atoms with Crippen molar-refractivity contribution in [3.63, 3.8) is 0 Å². The van der Waals surface area contributed by atoms with Crippen LogP contribution in [0.4, 0.5) is 0 Å². The van der Waals surface area contributed by atoms with Crippen LogP contribution in [0.5, 0.6) is 0 Å². The van der Waals surface area contributed by atoms with Crippen molar-refractivity contribution in [3.05, 3.63) is 33.7 Å². The highest BCUT2D eigenvalue weighted by Crippen LogP contribution is 2.16. The molecular formula is C15H21IN4. The van der Waals surface area contributed by atoms with Gasteiger partial charge in [-0.3, -0.25) is 10.00 Å². The van der Waals surface area contributed by atoms with Crippen LogP contribution in [0.2, 0.25) is 0 Å². The predicted molar refractivity (Wildman–Crippen MR) is 90.4 cm³/mol. The number of hydrogen-bond acceptors (Lipinski definition) is 3. The van der Waals surface area contributed by atoms with Crippen LogP contribution in [0.1, 0.15) is 32.5 Å². The molecule has 0 radical (unpaired) electrons. The number of aromatic amines is 1. The summed E-state index contributed by atoms with van der Waals surface area (Å²) in [5.41, 5.74) is 1.06.